The van der Waals surface area contributed by atoms with Crippen molar-refractivity contribution in [3.8, 4) is 0 Å². The first kappa shape index (κ1) is 12.5. The van der Waals surface area contributed by atoms with Crippen LogP contribution in [0.1, 0.15) is 46.0 Å². The van der Waals surface area contributed by atoms with Crippen molar-refractivity contribution in [3.63, 3.8) is 0 Å². The van der Waals surface area contributed by atoms with Crippen LogP contribution < -0.4 is 0 Å². The van der Waals surface area contributed by atoms with E-state index < -0.39 is 0 Å². The summed E-state index contributed by atoms with van der Waals surface area (Å²) in [7, 11) is 3.65. The van der Waals surface area contributed by atoms with Gasteiger partial charge >= 0.3 is 0 Å². The third kappa shape index (κ3) is 5.67. The first-order valence-electron chi connectivity index (χ1n) is 5.30. The number of amides is 1. The molecule has 13 heavy (non-hydrogen) atoms. The summed E-state index contributed by atoms with van der Waals surface area (Å²) < 4.78 is 0. The first-order chi connectivity index (χ1) is 6.09. The molecular weight excluding hydrogens is 162 g/mol. The molecule has 0 spiro atoms. The second-order valence-electron chi connectivity index (χ2n) is 3.98. The van der Waals surface area contributed by atoms with Crippen molar-refractivity contribution in [2.45, 2.75) is 46.0 Å². The Morgan fingerprint density at radius 2 is 1.85 bits per heavy atom. The highest BCUT2D eigenvalue weighted by Gasteiger charge is 2.13. The van der Waals surface area contributed by atoms with Crippen molar-refractivity contribution in [2.75, 3.05) is 14.1 Å². The van der Waals surface area contributed by atoms with E-state index >= 15 is 0 Å². The smallest absolute Gasteiger partial charge is 0.224 e. The van der Waals surface area contributed by atoms with E-state index in [0.29, 0.717) is 0 Å². The zero-order chi connectivity index (χ0) is 10.3. The van der Waals surface area contributed by atoms with Crippen LogP contribution in [0.25, 0.3) is 0 Å². The maximum atomic E-state index is 11.4. The van der Waals surface area contributed by atoms with Crippen LogP contribution in [0, 0.1) is 5.92 Å². The van der Waals surface area contributed by atoms with E-state index in [1.54, 1.807) is 4.90 Å². The Kier molecular flexibility index (Phi) is 6.65. The molecule has 0 rings (SSSR count). The predicted octanol–water partition coefficient (Wildman–Crippen LogP) is 2.68. The van der Waals surface area contributed by atoms with Crippen LogP contribution >= 0.6 is 0 Å². The highest BCUT2D eigenvalue weighted by Crippen LogP contribution is 2.11. The first-order valence-corrected chi connectivity index (χ1v) is 5.30. The van der Waals surface area contributed by atoms with Gasteiger partial charge in [-0.05, 0) is 6.42 Å². The summed E-state index contributed by atoms with van der Waals surface area (Å²) in [5, 5.41) is 0. The lowest BCUT2D eigenvalue weighted by Crippen LogP contribution is -2.27. The Bertz CT molecular complexity index is 143. The van der Waals surface area contributed by atoms with Gasteiger partial charge in [0.1, 0.15) is 0 Å². The lowest BCUT2D eigenvalue weighted by Gasteiger charge is -2.16. The third-order valence-electron chi connectivity index (χ3n) is 2.35. The lowest BCUT2D eigenvalue weighted by atomic mass is 10.0. The van der Waals surface area contributed by atoms with Gasteiger partial charge in [-0.2, -0.15) is 0 Å². The number of unbranched alkanes of at least 4 members (excludes halogenated alkanes) is 3. The Hall–Kier alpha value is -0.530. The molecule has 0 bridgehead atoms. The van der Waals surface area contributed by atoms with E-state index in [9.17, 15) is 4.79 Å². The van der Waals surface area contributed by atoms with Gasteiger partial charge in [0.25, 0.3) is 0 Å². The minimum atomic E-state index is 0.201. The number of carbonyl (C=O) groups excluding carboxylic acids is 1. The number of hydrogen-bond donors (Lipinski definition) is 0. The summed E-state index contributed by atoms with van der Waals surface area (Å²) in [6, 6.07) is 0. The van der Waals surface area contributed by atoms with Crippen molar-refractivity contribution in [1.29, 1.82) is 0 Å². The molecule has 0 aromatic carbocycles. The van der Waals surface area contributed by atoms with Gasteiger partial charge in [0.15, 0.2) is 0 Å². The average Bonchev–Trinajstić information content (AvgIpc) is 2.10. The quantitative estimate of drug-likeness (QED) is 0.583. The van der Waals surface area contributed by atoms with Crippen molar-refractivity contribution in [2.24, 2.45) is 5.92 Å². The normalized spacial score (nSPS) is 12.6. The highest BCUT2D eigenvalue weighted by atomic mass is 16.2. The summed E-state index contributed by atoms with van der Waals surface area (Å²) >= 11 is 0. The fraction of sp³-hybridized carbons (Fsp3) is 0.909. The van der Waals surface area contributed by atoms with Crippen LogP contribution in [0.4, 0.5) is 0 Å². The average molecular weight is 185 g/mol. The maximum absolute atomic E-state index is 11.4. The third-order valence-corrected chi connectivity index (χ3v) is 2.35. The molecule has 78 valence electrons. The standard InChI is InChI=1S/C11H23NO/c1-5-6-7-8-9-10(2)11(13)12(3)4/h10H,5-9H2,1-4H3/t10-/m1/s1. The summed E-state index contributed by atoms with van der Waals surface area (Å²) in [5.74, 6) is 0.461. The van der Waals surface area contributed by atoms with Crippen LogP contribution in [0.3, 0.4) is 0 Å². The van der Waals surface area contributed by atoms with Crippen molar-refractivity contribution in [3.05, 3.63) is 0 Å². The number of hydrogen-bond acceptors (Lipinski definition) is 1. The van der Waals surface area contributed by atoms with Gasteiger partial charge < -0.3 is 4.90 Å². The van der Waals surface area contributed by atoms with Gasteiger partial charge in [0.05, 0.1) is 0 Å². The maximum Gasteiger partial charge on any atom is 0.224 e. The predicted molar refractivity (Wildman–Crippen MR) is 56.6 cm³/mol. The van der Waals surface area contributed by atoms with Crippen molar-refractivity contribution >= 4 is 5.91 Å². The fourth-order valence-electron chi connectivity index (χ4n) is 1.44. The zero-order valence-electron chi connectivity index (χ0n) is 9.47. The van der Waals surface area contributed by atoms with Crippen LogP contribution in [-0.2, 0) is 4.79 Å². The Morgan fingerprint density at radius 1 is 1.23 bits per heavy atom. The highest BCUT2D eigenvalue weighted by molar-refractivity contribution is 5.77. The molecule has 0 aliphatic carbocycles. The summed E-state index contributed by atoms with van der Waals surface area (Å²) in [6.45, 7) is 4.22. The number of carbonyl (C=O) groups is 1. The van der Waals surface area contributed by atoms with E-state index in [1.165, 1.54) is 25.7 Å². The monoisotopic (exact) mass is 185 g/mol. The molecule has 1 amide bonds. The molecular formula is C11H23NO. The van der Waals surface area contributed by atoms with Gasteiger partial charge in [-0.3, -0.25) is 4.79 Å². The Labute approximate surface area is 82.3 Å². The zero-order valence-corrected chi connectivity index (χ0v) is 9.47. The molecule has 1 atom stereocenters. The molecule has 0 aliphatic heterocycles. The molecule has 0 radical (unpaired) electrons. The minimum absolute atomic E-state index is 0.201. The van der Waals surface area contributed by atoms with Crippen LogP contribution in [-0.4, -0.2) is 24.9 Å². The Balaban J connectivity index is 3.50. The Morgan fingerprint density at radius 3 is 2.31 bits per heavy atom. The van der Waals surface area contributed by atoms with Crippen molar-refractivity contribution in [1.82, 2.24) is 4.90 Å². The largest absolute Gasteiger partial charge is 0.349 e. The lowest BCUT2D eigenvalue weighted by molar-refractivity contribution is -0.132. The van der Waals surface area contributed by atoms with Gasteiger partial charge in [-0.25, -0.2) is 0 Å². The summed E-state index contributed by atoms with van der Waals surface area (Å²) in [5.41, 5.74) is 0. The van der Waals surface area contributed by atoms with Gasteiger partial charge in [-0.1, -0.05) is 39.5 Å². The van der Waals surface area contributed by atoms with E-state index in [4.69, 9.17) is 0 Å². The summed E-state index contributed by atoms with van der Waals surface area (Å²) in [4.78, 5) is 13.1. The van der Waals surface area contributed by atoms with E-state index in [2.05, 4.69) is 6.92 Å². The molecule has 0 unspecified atom stereocenters. The minimum Gasteiger partial charge on any atom is -0.349 e. The fourth-order valence-corrected chi connectivity index (χ4v) is 1.44. The SMILES string of the molecule is CCCCCC[C@@H](C)C(=O)N(C)C. The number of rotatable bonds is 6. The topological polar surface area (TPSA) is 20.3 Å². The molecule has 0 saturated carbocycles. The van der Waals surface area contributed by atoms with Gasteiger partial charge in [-0.15, -0.1) is 0 Å². The van der Waals surface area contributed by atoms with E-state index in [1.807, 2.05) is 21.0 Å². The molecule has 0 aromatic heterocycles. The molecule has 0 saturated heterocycles. The molecule has 0 N–H and O–H groups in total. The van der Waals surface area contributed by atoms with E-state index in [-0.39, 0.29) is 11.8 Å². The number of nitrogens with zero attached hydrogens (tertiary/aromatic N) is 1. The molecule has 0 heterocycles. The molecule has 0 fully saturated rings. The van der Waals surface area contributed by atoms with Crippen molar-refractivity contribution < 1.29 is 4.79 Å². The second kappa shape index (κ2) is 6.93. The molecule has 0 aromatic rings. The van der Waals surface area contributed by atoms with Crippen LogP contribution in [0.15, 0.2) is 0 Å². The summed E-state index contributed by atoms with van der Waals surface area (Å²) in [6.07, 6.45) is 6.05. The molecule has 2 nitrogen and oxygen atoms in total. The second-order valence-corrected chi connectivity index (χ2v) is 3.98. The van der Waals surface area contributed by atoms with Crippen LogP contribution in [0.2, 0.25) is 0 Å². The van der Waals surface area contributed by atoms with Crippen LogP contribution in [0.5, 0.6) is 0 Å². The van der Waals surface area contributed by atoms with Gasteiger partial charge in [0, 0.05) is 20.0 Å². The van der Waals surface area contributed by atoms with Gasteiger partial charge in [0.2, 0.25) is 5.91 Å². The molecule has 2 heteroatoms. The van der Waals surface area contributed by atoms with E-state index in [0.717, 1.165) is 6.42 Å². The molecule has 0 aliphatic rings.